The Morgan fingerprint density at radius 3 is 2.78 bits per heavy atom. The maximum atomic E-state index is 13.3. The molecule has 2 aliphatic heterocycles. The molecule has 2 fully saturated rings. The van der Waals surface area contributed by atoms with Crippen LogP contribution in [0.15, 0.2) is 9.66 Å². The summed E-state index contributed by atoms with van der Waals surface area (Å²) < 4.78 is 5.24. The van der Waals surface area contributed by atoms with E-state index in [1.807, 2.05) is 41.3 Å². The average molecular weight is 432 g/mol. The number of carbonyl (C=O) groups excluding carboxylic acids is 3. The number of hydrogen-bond acceptors (Lipinski definition) is 4. The van der Waals surface area contributed by atoms with Gasteiger partial charge in [0.25, 0.3) is 5.91 Å². The van der Waals surface area contributed by atoms with Crippen molar-refractivity contribution in [2.24, 2.45) is 11.3 Å². The number of halogens is 1. The fourth-order valence-electron chi connectivity index (χ4n) is 4.35. The lowest BCUT2D eigenvalue weighted by Crippen LogP contribution is -2.71. The highest BCUT2D eigenvalue weighted by atomic mass is 127. The molecule has 126 valence electrons. The molecule has 0 aromatic carbocycles. The van der Waals surface area contributed by atoms with Crippen molar-refractivity contribution in [1.82, 2.24) is 10.2 Å². The van der Waals surface area contributed by atoms with Crippen LogP contribution in [0.3, 0.4) is 0 Å². The zero-order valence-electron chi connectivity index (χ0n) is 13.5. The second kappa shape index (κ2) is 5.46. The molecule has 2 amide bonds. The lowest BCUT2D eigenvalue weighted by atomic mass is 9.58. The number of nitrogens with one attached hydrogen (secondary N) is 1. The highest BCUT2D eigenvalue weighted by Crippen LogP contribution is 2.51. The van der Waals surface area contributed by atoms with Crippen molar-refractivity contribution in [2.45, 2.75) is 44.7 Å². The molecule has 0 bridgehead atoms. The average Bonchev–Trinajstić information content (AvgIpc) is 2.96. The number of carbonyl (C=O) groups is 3. The zero-order chi connectivity index (χ0) is 17.0. The molecule has 0 unspecified atom stereocenters. The first-order valence-corrected chi connectivity index (χ1v) is 8.92. The SMILES string of the molecule is COC(=O)N[C@@]12C=C(I)C(=O)C(C)(C)[C@@H]1C[C@H]1CCCN1C2=O. The molecule has 0 saturated carbocycles. The second-order valence-corrected chi connectivity index (χ2v) is 8.27. The van der Waals surface area contributed by atoms with E-state index in [1.54, 1.807) is 6.08 Å². The molecule has 1 N–H and O–H groups in total. The van der Waals surface area contributed by atoms with Crippen LogP contribution >= 0.6 is 22.6 Å². The molecule has 3 atom stereocenters. The van der Waals surface area contributed by atoms with E-state index < -0.39 is 17.0 Å². The van der Waals surface area contributed by atoms with Crippen LogP contribution in [0.25, 0.3) is 0 Å². The van der Waals surface area contributed by atoms with Gasteiger partial charge in [0.1, 0.15) is 5.54 Å². The van der Waals surface area contributed by atoms with Gasteiger partial charge in [-0.15, -0.1) is 0 Å². The van der Waals surface area contributed by atoms with Gasteiger partial charge in [0.2, 0.25) is 0 Å². The largest absolute Gasteiger partial charge is 0.453 e. The molecule has 2 heterocycles. The minimum atomic E-state index is -1.19. The van der Waals surface area contributed by atoms with Crippen LogP contribution in [0.2, 0.25) is 0 Å². The van der Waals surface area contributed by atoms with Gasteiger partial charge >= 0.3 is 6.09 Å². The number of amides is 2. The Morgan fingerprint density at radius 1 is 1.43 bits per heavy atom. The Bertz CT molecular complexity index is 615. The smallest absolute Gasteiger partial charge is 0.407 e. The molecular weight excluding hydrogens is 411 g/mol. The highest BCUT2D eigenvalue weighted by molar-refractivity contribution is 14.1. The normalized spacial score (nSPS) is 35.3. The number of hydrogen-bond donors (Lipinski definition) is 1. The fraction of sp³-hybridized carbons (Fsp3) is 0.688. The minimum Gasteiger partial charge on any atom is -0.453 e. The van der Waals surface area contributed by atoms with E-state index in [4.69, 9.17) is 4.74 Å². The molecule has 0 aromatic rings. The summed E-state index contributed by atoms with van der Waals surface area (Å²) in [5.74, 6) is -0.354. The quantitative estimate of drug-likeness (QED) is 0.644. The van der Waals surface area contributed by atoms with Crippen LogP contribution in [-0.4, -0.2) is 47.9 Å². The van der Waals surface area contributed by atoms with E-state index in [-0.39, 0.29) is 23.7 Å². The molecule has 0 aromatic heterocycles. The zero-order valence-corrected chi connectivity index (χ0v) is 15.7. The van der Waals surface area contributed by atoms with Crippen molar-refractivity contribution in [3.8, 4) is 0 Å². The third kappa shape index (κ3) is 2.30. The number of piperidine rings is 1. The molecule has 3 rings (SSSR count). The van der Waals surface area contributed by atoms with Gasteiger partial charge in [-0.1, -0.05) is 13.8 Å². The summed E-state index contributed by atoms with van der Waals surface area (Å²) in [6, 6.07) is 0.163. The van der Waals surface area contributed by atoms with Gasteiger partial charge in [0.05, 0.1) is 10.7 Å². The van der Waals surface area contributed by atoms with E-state index in [0.29, 0.717) is 10.1 Å². The van der Waals surface area contributed by atoms with Crippen LogP contribution < -0.4 is 5.32 Å². The van der Waals surface area contributed by atoms with Crippen molar-refractivity contribution < 1.29 is 19.1 Å². The number of allylic oxidation sites excluding steroid dienone is 1. The number of nitrogens with zero attached hydrogens (tertiary/aromatic N) is 1. The van der Waals surface area contributed by atoms with Gasteiger partial charge in [0, 0.05) is 23.9 Å². The van der Waals surface area contributed by atoms with Crippen molar-refractivity contribution in [1.29, 1.82) is 0 Å². The topological polar surface area (TPSA) is 75.7 Å². The summed E-state index contributed by atoms with van der Waals surface area (Å²) in [5.41, 5.74) is -1.90. The van der Waals surface area contributed by atoms with Crippen molar-refractivity contribution >= 4 is 40.4 Å². The van der Waals surface area contributed by atoms with Gasteiger partial charge < -0.3 is 15.0 Å². The minimum absolute atomic E-state index is 0.0321. The first-order valence-electron chi connectivity index (χ1n) is 7.84. The van der Waals surface area contributed by atoms with E-state index in [2.05, 4.69) is 5.32 Å². The summed E-state index contributed by atoms with van der Waals surface area (Å²) in [5, 5.41) is 2.77. The van der Waals surface area contributed by atoms with E-state index >= 15 is 0 Å². The summed E-state index contributed by atoms with van der Waals surface area (Å²) in [7, 11) is 1.28. The number of ketones is 1. The third-order valence-electron chi connectivity index (χ3n) is 5.57. The molecule has 7 heteroatoms. The van der Waals surface area contributed by atoms with Crippen molar-refractivity contribution in [3.05, 3.63) is 9.66 Å². The number of ether oxygens (including phenoxy) is 1. The fourth-order valence-corrected chi connectivity index (χ4v) is 5.53. The van der Waals surface area contributed by atoms with Crippen LogP contribution in [0, 0.1) is 11.3 Å². The summed E-state index contributed by atoms with van der Waals surface area (Å²) in [6.45, 7) is 4.45. The Labute approximate surface area is 149 Å². The van der Waals surface area contributed by atoms with E-state index in [1.165, 1.54) is 7.11 Å². The van der Waals surface area contributed by atoms with Crippen LogP contribution in [0.5, 0.6) is 0 Å². The highest BCUT2D eigenvalue weighted by Gasteiger charge is 2.62. The molecule has 23 heavy (non-hydrogen) atoms. The monoisotopic (exact) mass is 432 g/mol. The summed E-state index contributed by atoms with van der Waals surface area (Å²) in [4.78, 5) is 39.7. The summed E-state index contributed by atoms with van der Waals surface area (Å²) in [6.07, 6.45) is 3.63. The van der Waals surface area contributed by atoms with Gasteiger partial charge in [-0.05, 0) is 47.9 Å². The first kappa shape index (κ1) is 16.7. The predicted octanol–water partition coefficient (Wildman–Crippen LogP) is 2.02. The van der Waals surface area contributed by atoms with Gasteiger partial charge in [0.15, 0.2) is 5.78 Å². The van der Waals surface area contributed by atoms with Crippen LogP contribution in [-0.2, 0) is 14.3 Å². The van der Waals surface area contributed by atoms with Crippen LogP contribution in [0.1, 0.15) is 33.1 Å². The van der Waals surface area contributed by atoms with Gasteiger partial charge in [-0.3, -0.25) is 9.59 Å². The predicted molar refractivity (Wildman–Crippen MR) is 92.0 cm³/mol. The number of fused-ring (bicyclic) bond motifs is 2. The number of methoxy groups -OCH3 is 1. The standard InChI is InChI=1S/C16H21IN2O4/c1-15(2)11-7-9-5-4-6-19(9)13(21)16(11,18-14(22)23-3)8-10(17)12(15)20/h8-9,11H,4-7H2,1-3H3,(H,18,22)/t9-,11+,16+/m1/s1. The lowest BCUT2D eigenvalue weighted by Gasteiger charge is -2.54. The molecule has 2 saturated heterocycles. The molecule has 0 radical (unpaired) electrons. The molecule has 6 nitrogen and oxygen atoms in total. The first-order chi connectivity index (χ1) is 10.7. The molecule has 0 spiro atoms. The molecule has 1 aliphatic carbocycles. The summed E-state index contributed by atoms with van der Waals surface area (Å²) >= 11 is 1.96. The van der Waals surface area contributed by atoms with Crippen molar-refractivity contribution in [2.75, 3.05) is 13.7 Å². The lowest BCUT2D eigenvalue weighted by molar-refractivity contribution is -0.151. The maximum absolute atomic E-state index is 13.3. The van der Waals surface area contributed by atoms with Crippen molar-refractivity contribution in [3.63, 3.8) is 0 Å². The Kier molecular flexibility index (Phi) is 3.97. The number of alkyl carbamates (subject to hydrolysis) is 1. The van der Waals surface area contributed by atoms with Gasteiger partial charge in [-0.2, -0.15) is 0 Å². The van der Waals surface area contributed by atoms with E-state index in [9.17, 15) is 14.4 Å². The molecule has 3 aliphatic rings. The Morgan fingerprint density at radius 2 is 2.13 bits per heavy atom. The van der Waals surface area contributed by atoms with Crippen LogP contribution in [0.4, 0.5) is 4.79 Å². The second-order valence-electron chi connectivity index (χ2n) is 7.11. The molecular formula is C16H21IN2O4. The third-order valence-corrected chi connectivity index (χ3v) is 6.37. The van der Waals surface area contributed by atoms with E-state index in [0.717, 1.165) is 19.3 Å². The maximum Gasteiger partial charge on any atom is 0.407 e. The van der Waals surface area contributed by atoms with Gasteiger partial charge in [-0.25, -0.2) is 4.79 Å². The number of rotatable bonds is 1. The Hall–Kier alpha value is -1.12. The number of Topliss-reactive ketones (excluding diaryl/α,β-unsaturated/α-hetero) is 1. The Balaban J connectivity index is 2.15.